The van der Waals surface area contributed by atoms with Crippen LogP contribution in [-0.4, -0.2) is 21.9 Å². The summed E-state index contributed by atoms with van der Waals surface area (Å²) in [6.07, 6.45) is 4.59. The van der Waals surface area contributed by atoms with Crippen LogP contribution in [-0.2, 0) is 9.05 Å². The first-order chi connectivity index (χ1) is 7.42. The van der Waals surface area contributed by atoms with Crippen molar-refractivity contribution in [1.82, 2.24) is 0 Å². The van der Waals surface area contributed by atoms with E-state index in [4.69, 9.17) is 10.7 Å². The molecule has 0 aliphatic carbocycles. The zero-order chi connectivity index (χ0) is 12.8. The Bertz CT molecular complexity index is 473. The second-order valence-electron chi connectivity index (χ2n) is 2.64. The molecule has 0 aromatic heterocycles. The van der Waals surface area contributed by atoms with Gasteiger partial charge in [0.1, 0.15) is 10.6 Å². The van der Waals surface area contributed by atoms with Crippen LogP contribution in [0.5, 0.6) is 0 Å². The van der Waals surface area contributed by atoms with E-state index in [1.807, 2.05) is 0 Å². The van der Waals surface area contributed by atoms with Gasteiger partial charge in [0.05, 0.1) is 5.70 Å². The van der Waals surface area contributed by atoms with Crippen molar-refractivity contribution in [3.8, 4) is 0 Å². The standard InChI is InChI=1S/C10H13ClN2O2S/c1-5-7-8(12-3)10(13-4)9(6-2)16(11,14)15/h5-7H,3-4H2,1-2H3/b7-5-,9-6+,10-8-. The van der Waals surface area contributed by atoms with Gasteiger partial charge in [0.15, 0.2) is 0 Å². The Hall–Kier alpha value is -1.20. The lowest BCUT2D eigenvalue weighted by Gasteiger charge is -2.05. The number of nitrogens with zero attached hydrogens (tertiary/aromatic N) is 2. The van der Waals surface area contributed by atoms with E-state index in [0.29, 0.717) is 5.70 Å². The van der Waals surface area contributed by atoms with Gasteiger partial charge in [-0.25, -0.2) is 8.42 Å². The van der Waals surface area contributed by atoms with Crippen LogP contribution in [0.1, 0.15) is 13.8 Å². The van der Waals surface area contributed by atoms with E-state index in [-0.39, 0.29) is 10.6 Å². The molecule has 0 aromatic rings. The van der Waals surface area contributed by atoms with Gasteiger partial charge in [-0.05, 0) is 33.4 Å². The molecule has 0 saturated carbocycles. The number of halogens is 1. The van der Waals surface area contributed by atoms with Crippen molar-refractivity contribution in [2.24, 2.45) is 9.98 Å². The van der Waals surface area contributed by atoms with E-state index >= 15 is 0 Å². The maximum atomic E-state index is 11.3. The largest absolute Gasteiger partial charge is 0.263 e. The second-order valence-corrected chi connectivity index (χ2v) is 5.18. The summed E-state index contributed by atoms with van der Waals surface area (Å²) in [7, 11) is 1.39. The third-order valence-electron chi connectivity index (χ3n) is 1.65. The fourth-order valence-electron chi connectivity index (χ4n) is 1.04. The quantitative estimate of drug-likeness (QED) is 0.433. The molecule has 0 amide bonds. The molecule has 6 heteroatoms. The van der Waals surface area contributed by atoms with Gasteiger partial charge >= 0.3 is 0 Å². The fraction of sp³-hybridized carbons (Fsp3) is 0.200. The number of aliphatic imine (C=N–C) groups is 2. The van der Waals surface area contributed by atoms with E-state index in [1.165, 1.54) is 13.0 Å². The van der Waals surface area contributed by atoms with Crippen LogP contribution in [0.25, 0.3) is 0 Å². The molecular formula is C10H13ClN2O2S. The summed E-state index contributed by atoms with van der Waals surface area (Å²) in [6, 6.07) is 0. The summed E-state index contributed by atoms with van der Waals surface area (Å²) >= 11 is 0. The minimum absolute atomic E-state index is 0.0885. The van der Waals surface area contributed by atoms with Crippen molar-refractivity contribution in [1.29, 1.82) is 0 Å². The van der Waals surface area contributed by atoms with Crippen LogP contribution >= 0.6 is 10.7 Å². The first-order valence-corrected chi connectivity index (χ1v) is 6.65. The lowest BCUT2D eigenvalue weighted by atomic mass is 10.3. The molecule has 0 bridgehead atoms. The summed E-state index contributed by atoms with van der Waals surface area (Å²) in [5, 5.41) is 0. The normalized spacial score (nSPS) is 14.8. The molecule has 0 radical (unpaired) electrons. The summed E-state index contributed by atoms with van der Waals surface area (Å²) in [4.78, 5) is 7.17. The lowest BCUT2D eigenvalue weighted by molar-refractivity contribution is 0.615. The molecule has 0 fully saturated rings. The molecule has 0 spiro atoms. The fourth-order valence-corrected chi connectivity index (χ4v) is 2.21. The van der Waals surface area contributed by atoms with Crippen LogP contribution in [0, 0.1) is 0 Å². The van der Waals surface area contributed by atoms with E-state index < -0.39 is 9.05 Å². The van der Waals surface area contributed by atoms with E-state index in [0.717, 1.165) is 0 Å². The molecule has 0 atom stereocenters. The van der Waals surface area contributed by atoms with Gasteiger partial charge in [-0.1, -0.05) is 12.2 Å². The summed E-state index contributed by atoms with van der Waals surface area (Å²) < 4.78 is 22.6. The van der Waals surface area contributed by atoms with Crippen LogP contribution in [0.4, 0.5) is 0 Å². The first-order valence-electron chi connectivity index (χ1n) is 4.34. The Morgan fingerprint density at radius 1 is 1.25 bits per heavy atom. The Morgan fingerprint density at radius 3 is 2.06 bits per heavy atom. The second kappa shape index (κ2) is 6.40. The molecule has 88 valence electrons. The molecule has 16 heavy (non-hydrogen) atoms. The zero-order valence-corrected chi connectivity index (χ0v) is 10.7. The van der Waals surface area contributed by atoms with Gasteiger partial charge in [-0.3, -0.25) is 9.98 Å². The average Bonchev–Trinajstić information content (AvgIpc) is 2.21. The van der Waals surface area contributed by atoms with Crippen LogP contribution < -0.4 is 0 Å². The van der Waals surface area contributed by atoms with E-state index in [1.54, 1.807) is 19.1 Å². The molecule has 4 nitrogen and oxygen atoms in total. The van der Waals surface area contributed by atoms with Crippen molar-refractivity contribution < 1.29 is 8.42 Å². The van der Waals surface area contributed by atoms with Gasteiger partial charge in [0.2, 0.25) is 0 Å². The Balaban J connectivity index is 5.97. The molecule has 0 N–H and O–H groups in total. The SMILES string of the molecule is C=NC(/C=C\C)=C(N=C)/C(=C\C)S(=O)(=O)Cl. The zero-order valence-electron chi connectivity index (χ0n) is 9.14. The highest BCUT2D eigenvalue weighted by Gasteiger charge is 2.19. The van der Waals surface area contributed by atoms with Gasteiger partial charge in [-0.2, -0.15) is 0 Å². The molecule has 0 aliphatic rings. The van der Waals surface area contributed by atoms with Crippen molar-refractivity contribution in [3.05, 3.63) is 34.5 Å². The van der Waals surface area contributed by atoms with Gasteiger partial charge in [0, 0.05) is 10.7 Å². The molecule has 0 aromatic carbocycles. The molecule has 0 saturated heterocycles. The van der Waals surface area contributed by atoms with Gasteiger partial charge in [-0.15, -0.1) is 0 Å². The lowest BCUT2D eigenvalue weighted by Crippen LogP contribution is -1.99. The predicted molar refractivity (Wildman–Crippen MR) is 69.5 cm³/mol. The third-order valence-corrected chi connectivity index (χ3v) is 3.11. The smallest absolute Gasteiger partial charge is 0.262 e. The Kier molecular flexibility index (Phi) is 5.92. The monoisotopic (exact) mass is 260 g/mol. The highest BCUT2D eigenvalue weighted by Crippen LogP contribution is 2.25. The number of allylic oxidation sites excluding steroid dienone is 3. The molecule has 0 heterocycles. The number of hydrogen-bond donors (Lipinski definition) is 0. The maximum Gasteiger partial charge on any atom is 0.263 e. The van der Waals surface area contributed by atoms with Crippen LogP contribution in [0.2, 0.25) is 0 Å². The average molecular weight is 261 g/mol. The minimum Gasteiger partial charge on any atom is -0.262 e. The van der Waals surface area contributed by atoms with Crippen molar-refractivity contribution in [2.75, 3.05) is 0 Å². The number of rotatable bonds is 5. The predicted octanol–water partition coefficient (Wildman–Crippen LogP) is 2.65. The summed E-state index contributed by atoms with van der Waals surface area (Å²) in [5.41, 5.74) is 0.389. The molecule has 0 rings (SSSR count). The van der Waals surface area contributed by atoms with Crippen LogP contribution in [0.15, 0.2) is 44.5 Å². The maximum absolute atomic E-state index is 11.3. The molecule has 0 unspecified atom stereocenters. The highest BCUT2D eigenvalue weighted by atomic mass is 35.7. The summed E-state index contributed by atoms with van der Waals surface area (Å²) in [5.74, 6) is 0. The topological polar surface area (TPSA) is 58.9 Å². The van der Waals surface area contributed by atoms with Crippen molar-refractivity contribution in [2.45, 2.75) is 13.8 Å². The van der Waals surface area contributed by atoms with Crippen molar-refractivity contribution >= 4 is 33.2 Å². The molecule has 0 aliphatic heterocycles. The van der Waals surface area contributed by atoms with Crippen molar-refractivity contribution in [3.63, 3.8) is 0 Å². The first kappa shape index (κ1) is 14.8. The number of hydrogen-bond acceptors (Lipinski definition) is 4. The van der Waals surface area contributed by atoms with Gasteiger partial charge in [0.25, 0.3) is 9.05 Å². The van der Waals surface area contributed by atoms with Gasteiger partial charge < -0.3 is 0 Å². The highest BCUT2D eigenvalue weighted by molar-refractivity contribution is 8.17. The minimum atomic E-state index is -3.88. The third kappa shape index (κ3) is 3.75. The van der Waals surface area contributed by atoms with Crippen LogP contribution in [0.3, 0.4) is 0 Å². The Labute approximate surface area is 100 Å². The van der Waals surface area contributed by atoms with E-state index in [9.17, 15) is 8.42 Å². The molecular weight excluding hydrogens is 248 g/mol. The summed E-state index contributed by atoms with van der Waals surface area (Å²) in [6.45, 7) is 9.94. The Morgan fingerprint density at radius 2 is 1.81 bits per heavy atom. The van der Waals surface area contributed by atoms with E-state index in [2.05, 4.69) is 23.4 Å².